The summed E-state index contributed by atoms with van der Waals surface area (Å²) >= 11 is 11.7. The first-order chi connectivity index (χ1) is 9.06. The Morgan fingerprint density at radius 2 is 1.21 bits per heavy atom. The molecule has 2 aromatic carbocycles. The van der Waals surface area contributed by atoms with Gasteiger partial charge in [-0.05, 0) is 36.4 Å². The van der Waals surface area contributed by atoms with E-state index in [1.165, 1.54) is 0 Å². The monoisotopic (exact) mass is 297 g/mol. The number of hydrogen-bond acceptors (Lipinski definition) is 3. The third-order valence-electron chi connectivity index (χ3n) is 2.71. The van der Waals surface area contributed by atoms with Crippen molar-refractivity contribution >= 4 is 23.2 Å². The fraction of sp³-hybridized carbons (Fsp3) is 0.143. The van der Waals surface area contributed by atoms with Gasteiger partial charge in [0.25, 0.3) is 0 Å². The summed E-state index contributed by atoms with van der Waals surface area (Å²) in [5.74, 6) is 0.374. The van der Waals surface area contributed by atoms with Gasteiger partial charge in [-0.1, -0.05) is 23.2 Å². The number of aromatic hydroxyl groups is 2. The van der Waals surface area contributed by atoms with Crippen molar-refractivity contribution in [3.05, 3.63) is 57.6 Å². The second-order valence-electron chi connectivity index (χ2n) is 4.15. The second kappa shape index (κ2) is 6.15. The van der Waals surface area contributed by atoms with E-state index in [1.54, 1.807) is 36.4 Å². The Morgan fingerprint density at radius 1 is 0.789 bits per heavy atom. The lowest BCUT2D eigenvalue weighted by atomic mass is 10.1. The summed E-state index contributed by atoms with van der Waals surface area (Å²) in [7, 11) is 0. The van der Waals surface area contributed by atoms with Crippen LogP contribution in [0.15, 0.2) is 36.4 Å². The molecule has 0 radical (unpaired) electrons. The first-order valence-electron chi connectivity index (χ1n) is 5.72. The van der Waals surface area contributed by atoms with Crippen LogP contribution in [0, 0.1) is 0 Å². The molecule has 0 saturated heterocycles. The van der Waals surface area contributed by atoms with E-state index in [2.05, 4.69) is 5.32 Å². The molecule has 0 atom stereocenters. The maximum Gasteiger partial charge on any atom is 0.120 e. The molecule has 0 fully saturated rings. The number of phenolic OH excluding ortho intramolecular Hbond substituents is 2. The second-order valence-corrected chi connectivity index (χ2v) is 5.02. The van der Waals surface area contributed by atoms with Crippen LogP contribution in [-0.2, 0) is 13.1 Å². The molecule has 0 unspecified atom stereocenters. The first-order valence-corrected chi connectivity index (χ1v) is 6.47. The van der Waals surface area contributed by atoms with Crippen LogP contribution in [0.3, 0.4) is 0 Å². The zero-order valence-corrected chi connectivity index (χ0v) is 11.5. The highest BCUT2D eigenvalue weighted by atomic mass is 35.5. The number of nitrogens with one attached hydrogen (secondary N) is 1. The molecule has 0 aromatic heterocycles. The normalized spacial score (nSPS) is 10.6. The predicted octanol–water partition coefficient (Wildman–Crippen LogP) is 3.69. The maximum atomic E-state index is 9.66. The largest absolute Gasteiger partial charge is 0.508 e. The van der Waals surface area contributed by atoms with Gasteiger partial charge in [-0.3, -0.25) is 0 Å². The van der Waals surface area contributed by atoms with Crippen molar-refractivity contribution in [1.29, 1.82) is 0 Å². The molecular weight excluding hydrogens is 285 g/mol. The number of phenols is 2. The smallest absolute Gasteiger partial charge is 0.120 e. The van der Waals surface area contributed by atoms with E-state index in [1.807, 2.05) is 0 Å². The van der Waals surface area contributed by atoms with Crippen LogP contribution in [0.5, 0.6) is 11.5 Å². The van der Waals surface area contributed by atoms with Crippen molar-refractivity contribution in [3.63, 3.8) is 0 Å². The van der Waals surface area contributed by atoms with Crippen LogP contribution >= 0.6 is 23.2 Å². The third-order valence-corrected chi connectivity index (χ3v) is 3.18. The van der Waals surface area contributed by atoms with Crippen LogP contribution in [0.4, 0.5) is 0 Å². The van der Waals surface area contributed by atoms with E-state index in [4.69, 9.17) is 23.2 Å². The molecule has 0 aliphatic heterocycles. The van der Waals surface area contributed by atoms with Gasteiger partial charge in [0.2, 0.25) is 0 Å². The number of benzene rings is 2. The zero-order valence-electron chi connectivity index (χ0n) is 10.0. The van der Waals surface area contributed by atoms with E-state index >= 15 is 0 Å². The summed E-state index contributed by atoms with van der Waals surface area (Å²) in [5, 5.41) is 23.6. The minimum absolute atomic E-state index is 0.187. The number of rotatable bonds is 4. The van der Waals surface area contributed by atoms with Crippen molar-refractivity contribution < 1.29 is 10.2 Å². The molecule has 100 valence electrons. The van der Waals surface area contributed by atoms with E-state index in [-0.39, 0.29) is 11.5 Å². The van der Waals surface area contributed by atoms with E-state index in [0.717, 1.165) is 0 Å². The zero-order chi connectivity index (χ0) is 13.8. The fourth-order valence-corrected chi connectivity index (χ4v) is 2.11. The van der Waals surface area contributed by atoms with Crippen molar-refractivity contribution in [2.45, 2.75) is 13.1 Å². The van der Waals surface area contributed by atoms with Gasteiger partial charge >= 0.3 is 0 Å². The van der Waals surface area contributed by atoms with Gasteiger partial charge in [-0.15, -0.1) is 0 Å². The molecule has 0 aliphatic rings. The van der Waals surface area contributed by atoms with Crippen molar-refractivity contribution in [2.75, 3.05) is 0 Å². The molecule has 0 amide bonds. The predicted molar refractivity (Wildman–Crippen MR) is 76.8 cm³/mol. The topological polar surface area (TPSA) is 52.5 Å². The standard InChI is InChI=1S/C14H13Cl2NO2/c15-11-1-3-13(18)9(5-11)7-17-8-10-6-12(16)2-4-14(10)19/h1-6,17-19H,7-8H2. The number of halogens is 2. The Balaban J connectivity index is 2.00. The highest BCUT2D eigenvalue weighted by molar-refractivity contribution is 6.31. The van der Waals surface area contributed by atoms with Crippen LogP contribution in [0.1, 0.15) is 11.1 Å². The Bertz CT molecular complexity index is 536. The third kappa shape index (κ3) is 3.77. The summed E-state index contributed by atoms with van der Waals surface area (Å²) in [6.07, 6.45) is 0. The van der Waals surface area contributed by atoms with Gasteiger partial charge in [0.15, 0.2) is 0 Å². The quantitative estimate of drug-likeness (QED) is 0.807. The van der Waals surface area contributed by atoms with Gasteiger partial charge in [-0.2, -0.15) is 0 Å². The average molecular weight is 298 g/mol. The molecule has 0 bridgehead atoms. The minimum atomic E-state index is 0.187. The molecule has 19 heavy (non-hydrogen) atoms. The Labute approximate surface area is 121 Å². The minimum Gasteiger partial charge on any atom is -0.508 e. The van der Waals surface area contributed by atoms with Gasteiger partial charge in [-0.25, -0.2) is 0 Å². The lowest BCUT2D eigenvalue weighted by Gasteiger charge is -2.09. The highest BCUT2D eigenvalue weighted by Gasteiger charge is 2.04. The van der Waals surface area contributed by atoms with E-state index in [9.17, 15) is 10.2 Å². The summed E-state index contributed by atoms with van der Waals surface area (Å²) < 4.78 is 0. The molecule has 2 aromatic rings. The lowest BCUT2D eigenvalue weighted by Crippen LogP contribution is -2.12. The average Bonchev–Trinajstić information content (AvgIpc) is 2.38. The summed E-state index contributed by atoms with van der Waals surface area (Å²) in [5.41, 5.74) is 1.41. The summed E-state index contributed by atoms with van der Waals surface area (Å²) in [4.78, 5) is 0. The summed E-state index contributed by atoms with van der Waals surface area (Å²) in [6, 6.07) is 9.75. The molecule has 0 saturated carbocycles. The molecule has 0 spiro atoms. The molecule has 2 rings (SSSR count). The van der Waals surface area contributed by atoms with Crippen LogP contribution in [0.2, 0.25) is 10.0 Å². The Morgan fingerprint density at radius 3 is 1.63 bits per heavy atom. The van der Waals surface area contributed by atoms with Gasteiger partial charge in [0, 0.05) is 34.3 Å². The van der Waals surface area contributed by atoms with Crippen LogP contribution in [0.25, 0.3) is 0 Å². The molecule has 0 heterocycles. The SMILES string of the molecule is Oc1ccc(Cl)cc1CNCc1cc(Cl)ccc1O. The first kappa shape index (κ1) is 14.0. The van der Waals surface area contributed by atoms with Gasteiger partial charge < -0.3 is 15.5 Å². The Hall–Kier alpha value is -1.42. The van der Waals surface area contributed by atoms with E-state index < -0.39 is 0 Å². The van der Waals surface area contributed by atoms with Crippen molar-refractivity contribution in [3.8, 4) is 11.5 Å². The van der Waals surface area contributed by atoms with E-state index in [0.29, 0.717) is 34.3 Å². The molecule has 5 heteroatoms. The van der Waals surface area contributed by atoms with Crippen molar-refractivity contribution in [2.24, 2.45) is 0 Å². The summed E-state index contributed by atoms with van der Waals surface area (Å²) in [6.45, 7) is 0.886. The van der Waals surface area contributed by atoms with Gasteiger partial charge in [0.1, 0.15) is 11.5 Å². The number of hydrogen-bond donors (Lipinski definition) is 3. The van der Waals surface area contributed by atoms with Crippen LogP contribution in [-0.4, -0.2) is 10.2 Å². The molecular formula is C14H13Cl2NO2. The molecule has 3 N–H and O–H groups in total. The highest BCUT2D eigenvalue weighted by Crippen LogP contribution is 2.23. The van der Waals surface area contributed by atoms with Crippen molar-refractivity contribution in [1.82, 2.24) is 5.32 Å². The molecule has 0 aliphatic carbocycles. The maximum absolute atomic E-state index is 9.66. The Kier molecular flexibility index (Phi) is 4.53. The van der Waals surface area contributed by atoms with Gasteiger partial charge in [0.05, 0.1) is 0 Å². The molecule has 3 nitrogen and oxygen atoms in total. The fourth-order valence-electron chi connectivity index (χ4n) is 1.72. The lowest BCUT2D eigenvalue weighted by molar-refractivity contribution is 0.458. The van der Waals surface area contributed by atoms with Crippen LogP contribution < -0.4 is 5.32 Å².